The second kappa shape index (κ2) is 7.88. The van der Waals surface area contributed by atoms with Gasteiger partial charge >= 0.3 is 5.97 Å². The van der Waals surface area contributed by atoms with Crippen molar-refractivity contribution < 1.29 is 9.90 Å². The number of benzene rings is 3. The van der Waals surface area contributed by atoms with Crippen LogP contribution in [0.4, 0.5) is 0 Å². The minimum absolute atomic E-state index is 0.244. The maximum atomic E-state index is 10.8. The fraction of sp³-hybridized carbons (Fsp3) is 0.0417. The van der Waals surface area contributed by atoms with Crippen molar-refractivity contribution in [2.24, 2.45) is 0 Å². The molecule has 0 spiro atoms. The Bertz CT molecular complexity index is 1050. The second-order valence-corrected chi connectivity index (χ2v) is 5.79. The van der Waals surface area contributed by atoms with Gasteiger partial charge in [0, 0.05) is 11.1 Å². The van der Waals surface area contributed by atoms with Gasteiger partial charge in [0.05, 0.1) is 5.56 Å². The maximum Gasteiger partial charge on any atom is 0.335 e. The SMILES string of the molecule is Cc1ccc(-c2ccccc2C#CC#Cc2ccc(C(=O)O)cc2)cc1. The molecule has 2 nitrogen and oxygen atoms in total. The Hall–Kier alpha value is -3.75. The van der Waals surface area contributed by atoms with E-state index in [1.807, 2.05) is 24.3 Å². The molecule has 26 heavy (non-hydrogen) atoms. The highest BCUT2D eigenvalue weighted by atomic mass is 16.4. The van der Waals surface area contributed by atoms with Gasteiger partial charge in [-0.05, 0) is 60.2 Å². The zero-order chi connectivity index (χ0) is 18.4. The summed E-state index contributed by atoms with van der Waals surface area (Å²) in [5, 5.41) is 8.89. The lowest BCUT2D eigenvalue weighted by molar-refractivity contribution is 0.0697. The lowest BCUT2D eigenvalue weighted by Crippen LogP contribution is -1.94. The van der Waals surface area contributed by atoms with Crippen LogP contribution < -0.4 is 0 Å². The monoisotopic (exact) mass is 336 g/mol. The predicted molar refractivity (Wildman–Crippen MR) is 104 cm³/mol. The third-order valence-corrected chi connectivity index (χ3v) is 3.89. The van der Waals surface area contributed by atoms with Gasteiger partial charge in [-0.15, -0.1) is 0 Å². The summed E-state index contributed by atoms with van der Waals surface area (Å²) in [5.41, 5.74) is 5.32. The van der Waals surface area contributed by atoms with E-state index in [-0.39, 0.29) is 5.56 Å². The Morgan fingerprint density at radius 3 is 2.15 bits per heavy atom. The fourth-order valence-corrected chi connectivity index (χ4v) is 2.48. The van der Waals surface area contributed by atoms with Crippen LogP contribution in [-0.2, 0) is 0 Å². The zero-order valence-corrected chi connectivity index (χ0v) is 14.3. The molecule has 3 aromatic carbocycles. The van der Waals surface area contributed by atoms with Gasteiger partial charge in [0.15, 0.2) is 0 Å². The molecule has 0 saturated carbocycles. The molecule has 0 saturated heterocycles. The van der Waals surface area contributed by atoms with Crippen LogP contribution in [0.25, 0.3) is 11.1 Å². The van der Waals surface area contributed by atoms with Gasteiger partial charge < -0.3 is 5.11 Å². The van der Waals surface area contributed by atoms with Crippen molar-refractivity contribution in [3.8, 4) is 34.8 Å². The Balaban J connectivity index is 1.83. The first kappa shape index (κ1) is 17.1. The molecule has 0 amide bonds. The Kier molecular flexibility index (Phi) is 5.18. The average Bonchev–Trinajstić information content (AvgIpc) is 2.67. The van der Waals surface area contributed by atoms with Gasteiger partial charge in [-0.2, -0.15) is 0 Å². The summed E-state index contributed by atoms with van der Waals surface area (Å²) in [6.07, 6.45) is 0. The van der Waals surface area contributed by atoms with E-state index in [0.717, 1.165) is 22.3 Å². The van der Waals surface area contributed by atoms with E-state index in [0.29, 0.717) is 0 Å². The van der Waals surface area contributed by atoms with E-state index in [2.05, 4.69) is 54.9 Å². The largest absolute Gasteiger partial charge is 0.478 e. The summed E-state index contributed by atoms with van der Waals surface area (Å²) in [7, 11) is 0. The first-order chi connectivity index (χ1) is 12.6. The molecule has 0 unspecified atom stereocenters. The lowest BCUT2D eigenvalue weighted by atomic mass is 9.99. The van der Waals surface area contributed by atoms with Gasteiger partial charge in [-0.3, -0.25) is 0 Å². The second-order valence-electron chi connectivity index (χ2n) is 5.79. The van der Waals surface area contributed by atoms with Crippen molar-refractivity contribution in [1.82, 2.24) is 0 Å². The molecule has 2 heteroatoms. The quantitative estimate of drug-likeness (QED) is 0.685. The summed E-state index contributed by atoms with van der Waals surface area (Å²) in [5.74, 6) is 10.8. The van der Waals surface area contributed by atoms with Crippen LogP contribution in [0.3, 0.4) is 0 Å². The highest BCUT2D eigenvalue weighted by Gasteiger charge is 2.02. The number of carboxylic acids is 1. The van der Waals surface area contributed by atoms with Crippen LogP contribution >= 0.6 is 0 Å². The van der Waals surface area contributed by atoms with E-state index in [1.54, 1.807) is 12.1 Å². The summed E-state index contributed by atoms with van der Waals surface area (Å²) < 4.78 is 0. The number of aryl methyl sites for hydroxylation is 1. The molecule has 124 valence electrons. The number of rotatable bonds is 2. The van der Waals surface area contributed by atoms with Crippen molar-refractivity contribution in [3.05, 3.63) is 95.1 Å². The van der Waals surface area contributed by atoms with Gasteiger partial charge in [0.2, 0.25) is 0 Å². The zero-order valence-electron chi connectivity index (χ0n) is 14.3. The third-order valence-electron chi connectivity index (χ3n) is 3.89. The summed E-state index contributed by atoms with van der Waals surface area (Å²) >= 11 is 0. The minimum Gasteiger partial charge on any atom is -0.478 e. The molecular weight excluding hydrogens is 320 g/mol. The summed E-state index contributed by atoms with van der Waals surface area (Å²) in [6.45, 7) is 2.06. The van der Waals surface area contributed by atoms with Crippen molar-refractivity contribution >= 4 is 5.97 Å². The molecule has 0 fully saturated rings. The molecule has 3 rings (SSSR count). The number of carboxylic acid groups (broad SMARTS) is 1. The van der Waals surface area contributed by atoms with Crippen LogP contribution in [0.5, 0.6) is 0 Å². The molecule has 0 aliphatic carbocycles. The highest BCUT2D eigenvalue weighted by molar-refractivity contribution is 5.87. The van der Waals surface area contributed by atoms with Crippen LogP contribution in [0, 0.1) is 30.6 Å². The van der Waals surface area contributed by atoms with Gasteiger partial charge in [0.25, 0.3) is 0 Å². The molecule has 0 heterocycles. The molecule has 0 aliphatic heterocycles. The number of hydrogen-bond acceptors (Lipinski definition) is 1. The van der Waals surface area contributed by atoms with Crippen LogP contribution in [0.15, 0.2) is 72.8 Å². The summed E-state index contributed by atoms with van der Waals surface area (Å²) in [4.78, 5) is 10.8. The van der Waals surface area contributed by atoms with Crippen LogP contribution in [0.2, 0.25) is 0 Å². The first-order valence-corrected chi connectivity index (χ1v) is 8.15. The van der Waals surface area contributed by atoms with E-state index in [4.69, 9.17) is 5.11 Å². The lowest BCUT2D eigenvalue weighted by Gasteiger charge is -2.04. The van der Waals surface area contributed by atoms with Gasteiger partial charge in [0.1, 0.15) is 0 Å². The van der Waals surface area contributed by atoms with Crippen LogP contribution in [-0.4, -0.2) is 11.1 Å². The van der Waals surface area contributed by atoms with Gasteiger partial charge in [-0.1, -0.05) is 59.9 Å². The highest BCUT2D eigenvalue weighted by Crippen LogP contribution is 2.23. The van der Waals surface area contributed by atoms with Crippen LogP contribution in [0.1, 0.15) is 27.0 Å². The predicted octanol–water partition coefficient (Wildman–Crippen LogP) is 4.76. The molecule has 3 aromatic rings. The van der Waals surface area contributed by atoms with E-state index in [1.165, 1.54) is 17.7 Å². The minimum atomic E-state index is -0.947. The van der Waals surface area contributed by atoms with Crippen molar-refractivity contribution in [2.75, 3.05) is 0 Å². The number of carbonyl (C=O) groups is 1. The average molecular weight is 336 g/mol. The molecular formula is C24H16O2. The molecule has 0 radical (unpaired) electrons. The van der Waals surface area contributed by atoms with Crippen molar-refractivity contribution in [3.63, 3.8) is 0 Å². The van der Waals surface area contributed by atoms with Crippen molar-refractivity contribution in [2.45, 2.75) is 6.92 Å². The van der Waals surface area contributed by atoms with E-state index < -0.39 is 5.97 Å². The molecule has 0 aromatic heterocycles. The Morgan fingerprint density at radius 1 is 0.808 bits per heavy atom. The number of hydrogen-bond donors (Lipinski definition) is 1. The van der Waals surface area contributed by atoms with E-state index in [9.17, 15) is 4.79 Å². The Morgan fingerprint density at radius 2 is 1.46 bits per heavy atom. The smallest absolute Gasteiger partial charge is 0.335 e. The summed E-state index contributed by atoms with van der Waals surface area (Å²) in [6, 6.07) is 22.8. The topological polar surface area (TPSA) is 37.3 Å². The standard InChI is InChI=1S/C24H16O2/c1-18-10-14-21(15-11-18)23-9-5-4-8-20(23)7-3-2-6-19-12-16-22(17-13-19)24(25)26/h4-5,8-17H,1H3,(H,25,26). The molecule has 0 aliphatic rings. The van der Waals surface area contributed by atoms with E-state index >= 15 is 0 Å². The third kappa shape index (κ3) is 4.20. The van der Waals surface area contributed by atoms with Crippen molar-refractivity contribution in [1.29, 1.82) is 0 Å². The Labute approximate surface area is 153 Å². The maximum absolute atomic E-state index is 10.8. The molecule has 0 bridgehead atoms. The number of aromatic carboxylic acids is 1. The fourth-order valence-electron chi connectivity index (χ4n) is 2.48. The normalized spacial score (nSPS) is 9.42. The molecule has 1 N–H and O–H groups in total. The van der Waals surface area contributed by atoms with Gasteiger partial charge in [-0.25, -0.2) is 4.79 Å². The first-order valence-electron chi connectivity index (χ1n) is 8.15. The molecule has 0 atom stereocenters.